The van der Waals surface area contributed by atoms with E-state index in [9.17, 15) is 0 Å². The van der Waals surface area contributed by atoms with Crippen molar-refractivity contribution in [2.45, 2.75) is 20.8 Å². The molecule has 0 unspecified atom stereocenters. The number of fused-ring (bicyclic) bond motifs is 1. The van der Waals surface area contributed by atoms with Crippen molar-refractivity contribution in [1.29, 1.82) is 0 Å². The summed E-state index contributed by atoms with van der Waals surface area (Å²) in [5, 5.41) is 0. The zero-order valence-corrected chi connectivity index (χ0v) is 7.60. The van der Waals surface area contributed by atoms with Crippen LogP contribution >= 0.6 is 0 Å². The Morgan fingerprint density at radius 2 is 1.92 bits per heavy atom. The molecule has 0 fully saturated rings. The van der Waals surface area contributed by atoms with Crippen LogP contribution in [0.2, 0.25) is 0 Å². The predicted molar refractivity (Wildman–Crippen MR) is 50.3 cm³/mol. The van der Waals surface area contributed by atoms with Gasteiger partial charge in [-0.15, -0.1) is 0 Å². The smallest absolute Gasteiger partial charge is 0.0931 e. The molecule has 2 rings (SSSR count). The second kappa shape index (κ2) is 2.34. The van der Waals surface area contributed by atoms with E-state index in [1.165, 1.54) is 16.7 Å². The minimum atomic E-state index is 1.10. The molecule has 0 aliphatic heterocycles. The number of nitrogens with zero attached hydrogens (tertiary/aromatic N) is 1. The number of aromatic nitrogens is 2. The quantitative estimate of drug-likeness (QED) is 0.630. The fourth-order valence-corrected chi connectivity index (χ4v) is 1.51. The summed E-state index contributed by atoms with van der Waals surface area (Å²) in [4.78, 5) is 7.38. The highest BCUT2D eigenvalue weighted by Crippen LogP contribution is 2.21. The molecule has 1 N–H and O–H groups in total. The molecule has 0 saturated carbocycles. The first kappa shape index (κ1) is 7.35. The fourth-order valence-electron chi connectivity index (χ4n) is 1.51. The maximum atomic E-state index is 4.26. The third-order valence-corrected chi connectivity index (χ3v) is 2.54. The summed E-state index contributed by atoms with van der Waals surface area (Å²) in [6.07, 6.45) is 1.75. The molecule has 1 heterocycles. The molecule has 1 aromatic carbocycles. The standard InChI is InChI=1S/C10H12N2/c1-6-4-9-10(12-5-11-9)8(3)7(6)2/h4-5H,1-3H3,(H,11,12). The molecule has 0 amide bonds. The number of aryl methyl sites for hydroxylation is 2. The number of hydrogen-bond donors (Lipinski definition) is 1. The van der Waals surface area contributed by atoms with Crippen molar-refractivity contribution < 1.29 is 0 Å². The van der Waals surface area contributed by atoms with E-state index in [1.54, 1.807) is 6.33 Å². The Labute approximate surface area is 71.6 Å². The highest BCUT2D eigenvalue weighted by Gasteiger charge is 2.04. The van der Waals surface area contributed by atoms with E-state index in [-0.39, 0.29) is 0 Å². The van der Waals surface area contributed by atoms with E-state index in [0.717, 1.165) is 11.0 Å². The maximum absolute atomic E-state index is 4.26. The summed E-state index contributed by atoms with van der Waals surface area (Å²) in [5.41, 5.74) is 6.18. The molecule has 0 saturated heterocycles. The number of rotatable bonds is 0. The topological polar surface area (TPSA) is 28.7 Å². The van der Waals surface area contributed by atoms with Gasteiger partial charge in [-0.3, -0.25) is 0 Å². The van der Waals surface area contributed by atoms with Gasteiger partial charge < -0.3 is 4.98 Å². The van der Waals surface area contributed by atoms with Crippen LogP contribution in [0.4, 0.5) is 0 Å². The van der Waals surface area contributed by atoms with E-state index in [4.69, 9.17) is 0 Å². The van der Waals surface area contributed by atoms with Gasteiger partial charge in [-0.1, -0.05) is 0 Å². The van der Waals surface area contributed by atoms with Crippen LogP contribution in [-0.2, 0) is 0 Å². The van der Waals surface area contributed by atoms with Crippen LogP contribution in [0.25, 0.3) is 11.0 Å². The van der Waals surface area contributed by atoms with Crippen molar-refractivity contribution in [3.05, 3.63) is 29.1 Å². The second-order valence-electron chi connectivity index (χ2n) is 3.24. The SMILES string of the molecule is Cc1cc2[nH]cnc2c(C)c1C. The molecule has 0 aliphatic rings. The van der Waals surface area contributed by atoms with Gasteiger partial charge in [-0.05, 0) is 43.5 Å². The molecule has 0 bridgehead atoms. The van der Waals surface area contributed by atoms with Gasteiger partial charge in [0.05, 0.1) is 17.4 Å². The van der Waals surface area contributed by atoms with Crippen molar-refractivity contribution in [3.8, 4) is 0 Å². The number of nitrogens with one attached hydrogen (secondary N) is 1. The van der Waals surface area contributed by atoms with Gasteiger partial charge in [0.2, 0.25) is 0 Å². The minimum absolute atomic E-state index is 1.10. The molecule has 2 nitrogen and oxygen atoms in total. The van der Waals surface area contributed by atoms with Gasteiger partial charge in [0.1, 0.15) is 0 Å². The first-order chi connectivity index (χ1) is 5.70. The van der Waals surface area contributed by atoms with Crippen molar-refractivity contribution in [1.82, 2.24) is 9.97 Å². The highest BCUT2D eigenvalue weighted by atomic mass is 14.9. The number of benzene rings is 1. The van der Waals surface area contributed by atoms with Gasteiger partial charge in [-0.25, -0.2) is 4.98 Å². The summed E-state index contributed by atoms with van der Waals surface area (Å²) >= 11 is 0. The average molecular weight is 160 g/mol. The van der Waals surface area contributed by atoms with E-state index in [1.807, 2.05) is 0 Å². The number of aromatic amines is 1. The van der Waals surface area contributed by atoms with Gasteiger partial charge in [0.25, 0.3) is 0 Å². The molecule has 0 spiro atoms. The van der Waals surface area contributed by atoms with Crippen molar-refractivity contribution in [2.24, 2.45) is 0 Å². The summed E-state index contributed by atoms with van der Waals surface area (Å²) in [7, 11) is 0. The lowest BCUT2D eigenvalue weighted by Gasteiger charge is -2.04. The molecular weight excluding hydrogens is 148 g/mol. The van der Waals surface area contributed by atoms with Gasteiger partial charge in [-0.2, -0.15) is 0 Å². The molecule has 12 heavy (non-hydrogen) atoms. The predicted octanol–water partition coefficient (Wildman–Crippen LogP) is 2.49. The lowest BCUT2D eigenvalue weighted by molar-refractivity contribution is 1.28. The number of imidazole rings is 1. The van der Waals surface area contributed by atoms with Crippen LogP contribution in [0.15, 0.2) is 12.4 Å². The molecule has 2 aromatic rings. The normalized spacial score (nSPS) is 10.9. The van der Waals surface area contributed by atoms with Gasteiger partial charge in [0, 0.05) is 0 Å². The first-order valence-electron chi connectivity index (χ1n) is 4.10. The largest absolute Gasteiger partial charge is 0.345 e. The molecule has 0 radical (unpaired) electrons. The van der Waals surface area contributed by atoms with Gasteiger partial charge >= 0.3 is 0 Å². The Kier molecular flexibility index (Phi) is 1.43. The summed E-state index contributed by atoms with van der Waals surface area (Å²) in [5.74, 6) is 0. The number of hydrogen-bond acceptors (Lipinski definition) is 1. The summed E-state index contributed by atoms with van der Waals surface area (Å²) in [6, 6.07) is 2.14. The first-order valence-corrected chi connectivity index (χ1v) is 4.10. The van der Waals surface area contributed by atoms with E-state index in [0.29, 0.717) is 0 Å². The molecule has 0 atom stereocenters. The lowest BCUT2D eigenvalue weighted by Crippen LogP contribution is -1.87. The van der Waals surface area contributed by atoms with Crippen molar-refractivity contribution in [3.63, 3.8) is 0 Å². The van der Waals surface area contributed by atoms with Crippen LogP contribution in [0.5, 0.6) is 0 Å². The fraction of sp³-hybridized carbons (Fsp3) is 0.300. The minimum Gasteiger partial charge on any atom is -0.345 e. The van der Waals surface area contributed by atoms with Crippen LogP contribution in [-0.4, -0.2) is 9.97 Å². The Morgan fingerprint density at radius 1 is 1.17 bits per heavy atom. The second-order valence-corrected chi connectivity index (χ2v) is 3.24. The Morgan fingerprint density at radius 3 is 2.67 bits per heavy atom. The zero-order chi connectivity index (χ0) is 8.72. The number of H-pyrrole nitrogens is 1. The molecule has 1 aromatic heterocycles. The van der Waals surface area contributed by atoms with Crippen LogP contribution in [0, 0.1) is 20.8 Å². The van der Waals surface area contributed by atoms with Crippen molar-refractivity contribution in [2.75, 3.05) is 0 Å². The monoisotopic (exact) mass is 160 g/mol. The van der Waals surface area contributed by atoms with E-state index < -0.39 is 0 Å². The molecule has 2 heteroatoms. The van der Waals surface area contributed by atoms with Crippen LogP contribution < -0.4 is 0 Å². The summed E-state index contributed by atoms with van der Waals surface area (Å²) in [6.45, 7) is 6.38. The molecular formula is C10H12N2. The maximum Gasteiger partial charge on any atom is 0.0931 e. The van der Waals surface area contributed by atoms with Crippen LogP contribution in [0.3, 0.4) is 0 Å². The molecule has 62 valence electrons. The lowest BCUT2D eigenvalue weighted by atomic mass is 10.0. The highest BCUT2D eigenvalue weighted by molar-refractivity contribution is 5.80. The van der Waals surface area contributed by atoms with Crippen LogP contribution in [0.1, 0.15) is 16.7 Å². The third-order valence-electron chi connectivity index (χ3n) is 2.54. The van der Waals surface area contributed by atoms with E-state index in [2.05, 4.69) is 36.8 Å². The van der Waals surface area contributed by atoms with E-state index >= 15 is 0 Å². The Balaban J connectivity index is 2.94. The zero-order valence-electron chi connectivity index (χ0n) is 7.60. The Bertz CT molecular complexity index is 427. The summed E-state index contributed by atoms with van der Waals surface area (Å²) < 4.78 is 0. The Hall–Kier alpha value is -1.31. The average Bonchev–Trinajstić information content (AvgIpc) is 2.48. The molecule has 0 aliphatic carbocycles. The van der Waals surface area contributed by atoms with Gasteiger partial charge in [0.15, 0.2) is 0 Å². The van der Waals surface area contributed by atoms with Crippen molar-refractivity contribution >= 4 is 11.0 Å². The third kappa shape index (κ3) is 0.843.